The van der Waals surface area contributed by atoms with E-state index in [9.17, 15) is 18.0 Å². The van der Waals surface area contributed by atoms with Crippen LogP contribution in [0.15, 0.2) is 64.8 Å². The van der Waals surface area contributed by atoms with Crippen molar-refractivity contribution in [1.82, 2.24) is 19.8 Å². The molecule has 0 atom stereocenters. The molecule has 2 aromatic heterocycles. The van der Waals surface area contributed by atoms with Crippen molar-refractivity contribution in [2.45, 2.75) is 19.3 Å². The molecule has 0 unspecified atom stereocenters. The van der Waals surface area contributed by atoms with Gasteiger partial charge in [0.1, 0.15) is 10.7 Å². The van der Waals surface area contributed by atoms with Crippen molar-refractivity contribution < 1.29 is 13.2 Å². The third-order valence-electron chi connectivity index (χ3n) is 6.10. The van der Waals surface area contributed by atoms with Gasteiger partial charge in [0, 0.05) is 43.7 Å². The SMILES string of the molecule is O=c1[nH]c(CN2CCN(Cc3ccc(C(F)(F)F)cc3)CC2)nc2scc(-c3ccccc3)c12. The van der Waals surface area contributed by atoms with Gasteiger partial charge in [-0.15, -0.1) is 11.3 Å². The van der Waals surface area contributed by atoms with Crippen LogP contribution in [0, 0.1) is 0 Å². The molecule has 5 rings (SSSR count). The quantitative estimate of drug-likeness (QED) is 0.434. The van der Waals surface area contributed by atoms with E-state index in [0.717, 1.165) is 59.8 Å². The van der Waals surface area contributed by atoms with Crippen LogP contribution < -0.4 is 5.56 Å². The third-order valence-corrected chi connectivity index (χ3v) is 6.98. The predicted octanol–water partition coefficient (Wildman–Crippen LogP) is 4.99. The fourth-order valence-electron chi connectivity index (χ4n) is 4.27. The molecular formula is C25H23F3N4OS. The average molecular weight is 485 g/mol. The molecule has 1 fully saturated rings. The number of piperazine rings is 1. The molecular weight excluding hydrogens is 461 g/mol. The topological polar surface area (TPSA) is 52.2 Å². The molecule has 3 heterocycles. The van der Waals surface area contributed by atoms with Gasteiger partial charge < -0.3 is 4.98 Å². The largest absolute Gasteiger partial charge is 0.416 e. The van der Waals surface area contributed by atoms with Crippen molar-refractivity contribution in [3.8, 4) is 11.1 Å². The van der Waals surface area contributed by atoms with Gasteiger partial charge in [0.05, 0.1) is 17.5 Å². The summed E-state index contributed by atoms with van der Waals surface area (Å²) in [6.45, 7) is 4.35. The molecule has 34 heavy (non-hydrogen) atoms. The second-order valence-corrected chi connectivity index (χ2v) is 9.31. The number of thiophene rings is 1. The van der Waals surface area contributed by atoms with Gasteiger partial charge >= 0.3 is 6.18 Å². The molecule has 0 spiro atoms. The molecule has 5 nitrogen and oxygen atoms in total. The summed E-state index contributed by atoms with van der Waals surface area (Å²) in [5.41, 5.74) is 2.02. The first-order valence-corrected chi connectivity index (χ1v) is 11.9. The normalized spacial score (nSPS) is 15.7. The number of H-pyrrole nitrogens is 1. The molecule has 4 aromatic rings. The van der Waals surface area contributed by atoms with Gasteiger partial charge in [0.15, 0.2) is 0 Å². The van der Waals surface area contributed by atoms with Crippen molar-refractivity contribution in [3.63, 3.8) is 0 Å². The van der Waals surface area contributed by atoms with E-state index >= 15 is 0 Å². The smallest absolute Gasteiger partial charge is 0.309 e. The summed E-state index contributed by atoms with van der Waals surface area (Å²) in [6.07, 6.45) is -4.31. The number of nitrogens with zero attached hydrogens (tertiary/aromatic N) is 3. The molecule has 1 aliphatic rings. The van der Waals surface area contributed by atoms with Crippen LogP contribution in [0.25, 0.3) is 21.3 Å². The van der Waals surface area contributed by atoms with E-state index in [0.29, 0.717) is 24.3 Å². The van der Waals surface area contributed by atoms with Crippen LogP contribution >= 0.6 is 11.3 Å². The van der Waals surface area contributed by atoms with E-state index < -0.39 is 11.7 Å². The van der Waals surface area contributed by atoms with Crippen LogP contribution in [0.5, 0.6) is 0 Å². The van der Waals surface area contributed by atoms with E-state index in [4.69, 9.17) is 4.98 Å². The van der Waals surface area contributed by atoms with Crippen molar-refractivity contribution in [2.75, 3.05) is 26.2 Å². The summed E-state index contributed by atoms with van der Waals surface area (Å²) >= 11 is 1.47. The Kier molecular flexibility index (Phi) is 6.24. The van der Waals surface area contributed by atoms with Gasteiger partial charge in [-0.3, -0.25) is 14.6 Å². The Morgan fingerprint density at radius 1 is 0.912 bits per heavy atom. The molecule has 9 heteroatoms. The van der Waals surface area contributed by atoms with Gasteiger partial charge in [-0.05, 0) is 23.3 Å². The Hall–Kier alpha value is -3.01. The molecule has 0 radical (unpaired) electrons. The van der Waals surface area contributed by atoms with Crippen molar-refractivity contribution >= 4 is 21.6 Å². The van der Waals surface area contributed by atoms with Gasteiger partial charge in [0.25, 0.3) is 5.56 Å². The lowest BCUT2D eigenvalue weighted by atomic mass is 10.1. The Morgan fingerprint density at radius 2 is 1.56 bits per heavy atom. The van der Waals surface area contributed by atoms with Gasteiger partial charge in [0.2, 0.25) is 0 Å². The van der Waals surface area contributed by atoms with Crippen LogP contribution in [0.2, 0.25) is 0 Å². The highest BCUT2D eigenvalue weighted by atomic mass is 32.1. The first kappa shape index (κ1) is 22.8. The Balaban J connectivity index is 1.21. The number of aromatic amines is 1. The summed E-state index contributed by atoms with van der Waals surface area (Å²) in [6, 6.07) is 15.2. The highest BCUT2D eigenvalue weighted by Crippen LogP contribution is 2.31. The number of nitrogens with one attached hydrogen (secondary N) is 1. The molecule has 176 valence electrons. The first-order chi connectivity index (χ1) is 16.4. The molecule has 1 aliphatic heterocycles. The van der Waals surface area contributed by atoms with Crippen LogP contribution in [0.4, 0.5) is 13.2 Å². The summed E-state index contributed by atoms with van der Waals surface area (Å²) < 4.78 is 38.2. The van der Waals surface area contributed by atoms with Crippen LogP contribution in [0.1, 0.15) is 17.0 Å². The minimum absolute atomic E-state index is 0.124. The van der Waals surface area contributed by atoms with Crippen LogP contribution in [0.3, 0.4) is 0 Å². The van der Waals surface area contributed by atoms with E-state index in [1.165, 1.54) is 11.3 Å². The zero-order chi connectivity index (χ0) is 23.7. The number of hydrogen-bond donors (Lipinski definition) is 1. The monoisotopic (exact) mass is 484 g/mol. The number of benzene rings is 2. The van der Waals surface area contributed by atoms with Crippen molar-refractivity contribution in [3.05, 3.63) is 87.3 Å². The van der Waals surface area contributed by atoms with Gasteiger partial charge in [-0.25, -0.2) is 4.98 Å². The Morgan fingerprint density at radius 3 is 2.21 bits per heavy atom. The lowest BCUT2D eigenvalue weighted by molar-refractivity contribution is -0.137. The number of halogens is 3. The molecule has 2 aromatic carbocycles. The molecule has 1 saturated heterocycles. The standard InChI is InChI=1S/C25H23F3N4OS/c26-25(27,28)19-8-6-17(7-9-19)14-31-10-12-32(13-11-31)15-21-29-23(33)22-20(16-34-24(22)30-21)18-4-2-1-3-5-18/h1-9,16H,10-15H2,(H,29,30,33). The highest BCUT2D eigenvalue weighted by Gasteiger charge is 2.30. The molecule has 0 bridgehead atoms. The zero-order valence-corrected chi connectivity index (χ0v) is 19.1. The van der Waals surface area contributed by atoms with E-state index in [2.05, 4.69) is 14.8 Å². The van der Waals surface area contributed by atoms with E-state index in [-0.39, 0.29) is 5.56 Å². The maximum absolute atomic E-state index is 12.9. The molecule has 0 saturated carbocycles. The number of fused-ring (bicyclic) bond motifs is 1. The molecule has 1 N–H and O–H groups in total. The zero-order valence-electron chi connectivity index (χ0n) is 18.3. The first-order valence-electron chi connectivity index (χ1n) is 11.0. The summed E-state index contributed by atoms with van der Waals surface area (Å²) in [5, 5.41) is 2.60. The minimum atomic E-state index is -4.31. The fourth-order valence-corrected chi connectivity index (χ4v) is 5.24. The van der Waals surface area contributed by atoms with Gasteiger partial charge in [-0.1, -0.05) is 42.5 Å². The number of hydrogen-bond acceptors (Lipinski definition) is 5. The lowest BCUT2D eigenvalue weighted by Gasteiger charge is -2.34. The number of alkyl halides is 3. The number of rotatable bonds is 5. The summed E-state index contributed by atoms with van der Waals surface area (Å²) in [4.78, 5) is 25.7. The van der Waals surface area contributed by atoms with Crippen molar-refractivity contribution in [2.24, 2.45) is 0 Å². The van der Waals surface area contributed by atoms with Crippen LogP contribution in [-0.4, -0.2) is 45.9 Å². The second kappa shape index (κ2) is 9.32. The number of aromatic nitrogens is 2. The third kappa shape index (κ3) is 4.91. The molecule has 0 aliphatic carbocycles. The highest BCUT2D eigenvalue weighted by molar-refractivity contribution is 7.17. The predicted molar refractivity (Wildman–Crippen MR) is 128 cm³/mol. The average Bonchev–Trinajstić information content (AvgIpc) is 3.25. The summed E-state index contributed by atoms with van der Waals surface area (Å²) in [5.74, 6) is 0.648. The summed E-state index contributed by atoms with van der Waals surface area (Å²) in [7, 11) is 0. The van der Waals surface area contributed by atoms with E-state index in [1.54, 1.807) is 12.1 Å². The maximum Gasteiger partial charge on any atom is 0.416 e. The molecule has 0 amide bonds. The maximum atomic E-state index is 12.9. The van der Waals surface area contributed by atoms with Crippen molar-refractivity contribution in [1.29, 1.82) is 0 Å². The lowest BCUT2D eigenvalue weighted by Crippen LogP contribution is -2.45. The Labute approximate surface area is 198 Å². The minimum Gasteiger partial charge on any atom is -0.309 e. The van der Waals surface area contributed by atoms with Crippen LogP contribution in [-0.2, 0) is 19.3 Å². The fraction of sp³-hybridized carbons (Fsp3) is 0.280. The van der Waals surface area contributed by atoms with E-state index in [1.807, 2.05) is 35.7 Å². The Bertz CT molecular complexity index is 1320. The second-order valence-electron chi connectivity index (χ2n) is 8.46. The van der Waals surface area contributed by atoms with Gasteiger partial charge in [-0.2, -0.15) is 13.2 Å².